The molecule has 0 radical (unpaired) electrons. The van der Waals surface area contributed by atoms with Gasteiger partial charge in [0.05, 0.1) is 23.8 Å². The summed E-state index contributed by atoms with van der Waals surface area (Å²) in [7, 11) is 0. The number of ether oxygens (including phenoxy) is 1. The minimum Gasteiger partial charge on any atom is -0.378 e. The van der Waals surface area contributed by atoms with Crippen LogP contribution < -0.4 is 0 Å². The van der Waals surface area contributed by atoms with Gasteiger partial charge in [-0.3, -0.25) is 19.3 Å². The van der Waals surface area contributed by atoms with Crippen molar-refractivity contribution in [2.24, 2.45) is 0 Å². The number of aryl methyl sites for hydroxylation is 1. The zero-order chi connectivity index (χ0) is 18.3. The first kappa shape index (κ1) is 16.7. The number of carbonyl (C=O) groups excluding carboxylic acids is 1. The van der Waals surface area contributed by atoms with Crippen molar-refractivity contribution in [3.05, 3.63) is 51.1 Å². The number of thiazole rings is 1. The van der Waals surface area contributed by atoms with E-state index in [0.29, 0.717) is 47.4 Å². The lowest BCUT2D eigenvalue weighted by Gasteiger charge is -2.26. The Hall–Kier alpha value is -2.78. The van der Waals surface area contributed by atoms with Crippen LogP contribution in [0.4, 0.5) is 5.69 Å². The van der Waals surface area contributed by atoms with Crippen LogP contribution in [0.1, 0.15) is 15.4 Å². The topological polar surface area (TPSA) is 90.0 Å². The maximum Gasteiger partial charge on any atom is 0.270 e. The number of nitrogens with zero attached hydrogens (tertiary/aromatic N) is 4. The van der Waals surface area contributed by atoms with Gasteiger partial charge in [-0.05, 0) is 6.92 Å². The number of rotatable bonds is 3. The molecule has 0 atom stereocenters. The molecule has 1 aromatic carbocycles. The quantitative estimate of drug-likeness (QED) is 0.521. The Morgan fingerprint density at radius 3 is 2.81 bits per heavy atom. The SMILES string of the molecule is Cc1c(C(=O)N2CCOCC2)sc2nc(-c3cccc([N+](=O)[O-])c3)cn12. The van der Waals surface area contributed by atoms with Crippen molar-refractivity contribution >= 4 is 27.9 Å². The molecule has 134 valence electrons. The second-order valence-corrected chi connectivity index (χ2v) is 6.98. The molecule has 0 unspecified atom stereocenters. The van der Waals surface area contributed by atoms with Gasteiger partial charge in [0.15, 0.2) is 4.96 Å². The van der Waals surface area contributed by atoms with Gasteiger partial charge in [0.1, 0.15) is 4.88 Å². The van der Waals surface area contributed by atoms with Gasteiger partial charge in [-0.15, -0.1) is 0 Å². The van der Waals surface area contributed by atoms with Gasteiger partial charge in [-0.1, -0.05) is 23.5 Å². The van der Waals surface area contributed by atoms with Crippen molar-refractivity contribution in [1.29, 1.82) is 0 Å². The fraction of sp³-hybridized carbons (Fsp3) is 0.294. The number of nitro benzene ring substituents is 1. The molecule has 26 heavy (non-hydrogen) atoms. The number of benzene rings is 1. The summed E-state index contributed by atoms with van der Waals surface area (Å²) in [6.45, 7) is 4.19. The Morgan fingerprint density at radius 1 is 1.35 bits per heavy atom. The molecule has 3 aromatic rings. The lowest BCUT2D eigenvalue weighted by molar-refractivity contribution is -0.384. The van der Waals surface area contributed by atoms with E-state index in [9.17, 15) is 14.9 Å². The van der Waals surface area contributed by atoms with Crippen LogP contribution in [0.25, 0.3) is 16.2 Å². The number of non-ortho nitro benzene ring substituents is 1. The zero-order valence-electron chi connectivity index (χ0n) is 14.0. The molecular formula is C17H16N4O4S. The van der Waals surface area contributed by atoms with Gasteiger partial charge < -0.3 is 9.64 Å². The Kier molecular flexibility index (Phi) is 4.17. The fourth-order valence-electron chi connectivity index (χ4n) is 2.98. The van der Waals surface area contributed by atoms with Gasteiger partial charge in [-0.2, -0.15) is 0 Å². The van der Waals surface area contributed by atoms with E-state index < -0.39 is 4.92 Å². The normalized spacial score (nSPS) is 14.7. The van der Waals surface area contributed by atoms with Gasteiger partial charge >= 0.3 is 0 Å². The molecule has 9 heteroatoms. The summed E-state index contributed by atoms with van der Waals surface area (Å²) in [5.41, 5.74) is 2.17. The molecule has 1 saturated heterocycles. The summed E-state index contributed by atoms with van der Waals surface area (Å²) in [6.07, 6.45) is 1.82. The van der Waals surface area contributed by atoms with Gasteiger partial charge in [0.2, 0.25) is 0 Å². The lowest BCUT2D eigenvalue weighted by atomic mass is 10.1. The fourth-order valence-corrected chi connectivity index (χ4v) is 4.05. The molecule has 1 aliphatic rings. The number of aromatic nitrogens is 2. The molecule has 1 fully saturated rings. The number of carbonyl (C=O) groups is 1. The molecule has 2 aromatic heterocycles. The highest BCUT2D eigenvalue weighted by Crippen LogP contribution is 2.29. The highest BCUT2D eigenvalue weighted by atomic mass is 32.1. The molecule has 4 rings (SSSR count). The maximum atomic E-state index is 12.7. The standard InChI is InChI=1S/C17H16N4O4S/c1-11-15(16(22)19-5-7-25-8-6-19)26-17-18-14(10-20(11)17)12-3-2-4-13(9-12)21(23)24/h2-4,9-10H,5-8H2,1H3. The van der Waals surface area contributed by atoms with Crippen molar-refractivity contribution in [3.8, 4) is 11.3 Å². The zero-order valence-corrected chi connectivity index (χ0v) is 14.9. The number of fused-ring (bicyclic) bond motifs is 1. The molecule has 0 N–H and O–H groups in total. The van der Waals surface area contributed by atoms with Crippen molar-refractivity contribution in [1.82, 2.24) is 14.3 Å². The van der Waals surface area contributed by atoms with Crippen molar-refractivity contribution in [3.63, 3.8) is 0 Å². The molecule has 1 aliphatic heterocycles. The minimum atomic E-state index is -0.424. The number of imidazole rings is 1. The highest BCUT2D eigenvalue weighted by molar-refractivity contribution is 7.19. The summed E-state index contributed by atoms with van der Waals surface area (Å²) in [6, 6.07) is 6.38. The summed E-state index contributed by atoms with van der Waals surface area (Å²) in [4.78, 5) is 31.0. The van der Waals surface area contributed by atoms with Gasteiger partial charge in [0, 0.05) is 42.7 Å². The number of nitro groups is 1. The van der Waals surface area contributed by atoms with Crippen LogP contribution in [0.2, 0.25) is 0 Å². The molecule has 1 amide bonds. The van der Waals surface area contributed by atoms with E-state index >= 15 is 0 Å². The van der Waals surface area contributed by atoms with E-state index in [0.717, 1.165) is 5.69 Å². The van der Waals surface area contributed by atoms with E-state index in [1.807, 2.05) is 17.5 Å². The first-order valence-electron chi connectivity index (χ1n) is 8.15. The molecule has 0 saturated carbocycles. The maximum absolute atomic E-state index is 12.7. The van der Waals surface area contributed by atoms with Crippen LogP contribution in [0.15, 0.2) is 30.5 Å². The van der Waals surface area contributed by atoms with Crippen LogP contribution in [0.5, 0.6) is 0 Å². The smallest absolute Gasteiger partial charge is 0.270 e. The Bertz CT molecular complexity index is 1000. The number of hydrogen-bond donors (Lipinski definition) is 0. The second-order valence-electron chi connectivity index (χ2n) is 6.01. The van der Waals surface area contributed by atoms with E-state index in [-0.39, 0.29) is 11.6 Å². The van der Waals surface area contributed by atoms with E-state index in [4.69, 9.17) is 4.74 Å². The van der Waals surface area contributed by atoms with Crippen LogP contribution >= 0.6 is 11.3 Å². The Morgan fingerprint density at radius 2 is 2.12 bits per heavy atom. The third-order valence-electron chi connectivity index (χ3n) is 4.40. The van der Waals surface area contributed by atoms with E-state index in [2.05, 4.69) is 4.98 Å². The average molecular weight is 372 g/mol. The van der Waals surface area contributed by atoms with Crippen LogP contribution in [0, 0.1) is 17.0 Å². The van der Waals surface area contributed by atoms with Gasteiger partial charge in [-0.25, -0.2) is 4.98 Å². The molecule has 3 heterocycles. The second kappa shape index (κ2) is 6.50. The summed E-state index contributed by atoms with van der Waals surface area (Å²) >= 11 is 1.34. The molecule has 0 spiro atoms. The molecular weight excluding hydrogens is 356 g/mol. The van der Waals surface area contributed by atoms with E-state index in [1.54, 1.807) is 17.0 Å². The Balaban J connectivity index is 1.68. The highest BCUT2D eigenvalue weighted by Gasteiger charge is 2.24. The Labute approximate surface area is 152 Å². The van der Waals surface area contributed by atoms with Gasteiger partial charge in [0.25, 0.3) is 11.6 Å². The number of hydrogen-bond acceptors (Lipinski definition) is 6. The summed E-state index contributed by atoms with van der Waals surface area (Å²) < 4.78 is 7.16. The van der Waals surface area contributed by atoms with Crippen molar-refractivity contribution in [2.75, 3.05) is 26.3 Å². The molecule has 0 bridgehead atoms. The molecule has 0 aliphatic carbocycles. The lowest BCUT2D eigenvalue weighted by Crippen LogP contribution is -2.40. The average Bonchev–Trinajstić information content (AvgIpc) is 3.22. The third-order valence-corrected chi connectivity index (χ3v) is 5.55. The summed E-state index contributed by atoms with van der Waals surface area (Å²) in [5, 5.41) is 11.0. The minimum absolute atomic E-state index is 0.00167. The monoisotopic (exact) mass is 372 g/mol. The first-order chi connectivity index (χ1) is 12.5. The van der Waals surface area contributed by atoms with E-state index in [1.165, 1.54) is 23.5 Å². The number of amides is 1. The first-order valence-corrected chi connectivity index (χ1v) is 8.96. The third kappa shape index (κ3) is 2.85. The summed E-state index contributed by atoms with van der Waals surface area (Å²) in [5.74, 6) is -0.00167. The number of morpholine rings is 1. The van der Waals surface area contributed by atoms with Crippen LogP contribution in [-0.2, 0) is 4.74 Å². The van der Waals surface area contributed by atoms with Crippen LogP contribution in [-0.4, -0.2) is 51.4 Å². The predicted octanol–water partition coefficient (Wildman–Crippen LogP) is 2.75. The molecule has 8 nitrogen and oxygen atoms in total. The van der Waals surface area contributed by atoms with Crippen molar-refractivity contribution in [2.45, 2.75) is 6.92 Å². The van der Waals surface area contributed by atoms with Crippen LogP contribution in [0.3, 0.4) is 0 Å². The predicted molar refractivity (Wildman–Crippen MR) is 96.6 cm³/mol. The van der Waals surface area contributed by atoms with Crippen molar-refractivity contribution < 1.29 is 14.5 Å². The largest absolute Gasteiger partial charge is 0.378 e.